The second-order valence-corrected chi connectivity index (χ2v) is 7.37. The number of aromatic nitrogens is 2. The molecule has 22 heavy (non-hydrogen) atoms. The zero-order chi connectivity index (χ0) is 15.0. The van der Waals surface area contributed by atoms with Crippen LogP contribution in [-0.4, -0.2) is 54.7 Å². The van der Waals surface area contributed by atoms with Crippen LogP contribution in [0.2, 0.25) is 0 Å². The summed E-state index contributed by atoms with van der Waals surface area (Å²) in [4.78, 5) is 13.7. The molecule has 0 amide bonds. The minimum atomic E-state index is 0.478. The van der Waals surface area contributed by atoms with E-state index in [0.29, 0.717) is 11.3 Å². The number of rotatable bonds is 4. The first kappa shape index (κ1) is 14.2. The molecule has 1 aromatic rings. The molecule has 0 aromatic carbocycles. The zero-order valence-corrected chi connectivity index (χ0v) is 13.5. The largest absolute Gasteiger partial charge is 0.481 e. The van der Waals surface area contributed by atoms with Gasteiger partial charge >= 0.3 is 0 Å². The molecule has 2 saturated heterocycles. The highest BCUT2D eigenvalue weighted by molar-refractivity contribution is 5.41. The normalized spacial score (nSPS) is 29.2. The van der Waals surface area contributed by atoms with Gasteiger partial charge < -0.3 is 14.5 Å². The van der Waals surface area contributed by atoms with E-state index in [1.807, 2.05) is 6.07 Å². The van der Waals surface area contributed by atoms with Crippen molar-refractivity contribution < 1.29 is 4.74 Å². The van der Waals surface area contributed by atoms with Crippen LogP contribution in [0.4, 0.5) is 5.82 Å². The maximum Gasteiger partial charge on any atom is 0.218 e. The summed E-state index contributed by atoms with van der Waals surface area (Å²) >= 11 is 0. The van der Waals surface area contributed by atoms with Crippen LogP contribution in [0.1, 0.15) is 32.1 Å². The Kier molecular flexibility index (Phi) is 3.68. The van der Waals surface area contributed by atoms with E-state index >= 15 is 0 Å². The summed E-state index contributed by atoms with van der Waals surface area (Å²) in [6.45, 7) is 6.14. The maximum absolute atomic E-state index is 5.24. The van der Waals surface area contributed by atoms with Crippen LogP contribution >= 0.6 is 0 Å². The summed E-state index contributed by atoms with van der Waals surface area (Å²) in [6.07, 6.45) is 8.51. The Hall–Kier alpha value is -1.36. The van der Waals surface area contributed by atoms with Gasteiger partial charge in [-0.3, -0.25) is 0 Å². The van der Waals surface area contributed by atoms with E-state index in [9.17, 15) is 0 Å². The highest BCUT2D eigenvalue weighted by atomic mass is 16.5. The molecule has 0 bridgehead atoms. The molecule has 4 rings (SSSR count). The number of hydrogen-bond acceptors (Lipinski definition) is 5. The van der Waals surface area contributed by atoms with E-state index in [1.165, 1.54) is 51.7 Å². The Bertz CT molecular complexity index is 533. The standard InChI is InChI=1S/C17H26N4O/c1-22-16-9-15(18-13-19-16)21-7-2-5-17(12-21)6-8-20(11-17)10-14-3-4-14/h9,13-14H,2-8,10-12H2,1H3. The number of nitrogens with zero attached hydrogens (tertiary/aromatic N) is 4. The lowest BCUT2D eigenvalue weighted by Crippen LogP contribution is -2.45. The summed E-state index contributed by atoms with van der Waals surface area (Å²) in [5.41, 5.74) is 0.478. The van der Waals surface area contributed by atoms with E-state index < -0.39 is 0 Å². The molecule has 3 fully saturated rings. The van der Waals surface area contributed by atoms with Crippen LogP contribution in [0.3, 0.4) is 0 Å². The molecule has 1 atom stereocenters. The molecule has 0 N–H and O–H groups in total. The first-order valence-corrected chi connectivity index (χ1v) is 8.60. The number of anilines is 1. The highest BCUT2D eigenvalue weighted by Gasteiger charge is 2.42. The summed E-state index contributed by atoms with van der Waals surface area (Å²) in [5.74, 6) is 2.68. The maximum atomic E-state index is 5.24. The van der Waals surface area contributed by atoms with Gasteiger partial charge in [-0.05, 0) is 44.6 Å². The molecular formula is C17H26N4O. The van der Waals surface area contributed by atoms with Crippen molar-refractivity contribution in [3.05, 3.63) is 12.4 Å². The quantitative estimate of drug-likeness (QED) is 0.853. The average molecular weight is 302 g/mol. The van der Waals surface area contributed by atoms with Crippen molar-refractivity contribution in [2.75, 3.05) is 44.7 Å². The molecular weight excluding hydrogens is 276 g/mol. The summed E-state index contributed by atoms with van der Waals surface area (Å²) in [5, 5.41) is 0. The van der Waals surface area contributed by atoms with Gasteiger partial charge in [0.25, 0.3) is 0 Å². The van der Waals surface area contributed by atoms with E-state index in [2.05, 4.69) is 19.8 Å². The predicted octanol–water partition coefficient (Wildman–Crippen LogP) is 2.19. The summed E-state index contributed by atoms with van der Waals surface area (Å²) in [6, 6.07) is 1.97. The third-order valence-corrected chi connectivity index (χ3v) is 5.55. The van der Waals surface area contributed by atoms with Crippen LogP contribution in [0.15, 0.2) is 12.4 Å². The molecule has 1 spiro atoms. The summed E-state index contributed by atoms with van der Waals surface area (Å²) < 4.78 is 5.24. The number of likely N-dealkylation sites (tertiary alicyclic amines) is 1. The van der Waals surface area contributed by atoms with E-state index in [1.54, 1.807) is 13.4 Å². The van der Waals surface area contributed by atoms with Gasteiger partial charge in [0.2, 0.25) is 5.88 Å². The first-order valence-electron chi connectivity index (χ1n) is 8.60. The van der Waals surface area contributed by atoms with Gasteiger partial charge in [-0.1, -0.05) is 0 Å². The Labute approximate surface area is 132 Å². The SMILES string of the molecule is COc1cc(N2CCCC3(CCN(CC4CC4)C3)C2)ncn1. The monoisotopic (exact) mass is 302 g/mol. The Morgan fingerprint density at radius 2 is 2.14 bits per heavy atom. The number of ether oxygens (including phenoxy) is 1. The third-order valence-electron chi connectivity index (χ3n) is 5.55. The van der Waals surface area contributed by atoms with Crippen molar-refractivity contribution in [1.82, 2.24) is 14.9 Å². The van der Waals surface area contributed by atoms with Crippen molar-refractivity contribution in [2.45, 2.75) is 32.1 Å². The van der Waals surface area contributed by atoms with Crippen LogP contribution < -0.4 is 9.64 Å². The molecule has 1 aromatic heterocycles. The molecule has 2 aliphatic heterocycles. The predicted molar refractivity (Wildman–Crippen MR) is 86.2 cm³/mol. The molecule has 0 radical (unpaired) electrons. The second-order valence-electron chi connectivity index (χ2n) is 7.37. The Morgan fingerprint density at radius 1 is 1.23 bits per heavy atom. The van der Waals surface area contributed by atoms with Crippen molar-refractivity contribution in [3.63, 3.8) is 0 Å². The van der Waals surface area contributed by atoms with Gasteiger partial charge in [0.1, 0.15) is 12.1 Å². The van der Waals surface area contributed by atoms with Crippen LogP contribution in [0.25, 0.3) is 0 Å². The number of methoxy groups -OCH3 is 1. The van der Waals surface area contributed by atoms with E-state index in [-0.39, 0.29) is 0 Å². The average Bonchev–Trinajstić information content (AvgIpc) is 3.29. The van der Waals surface area contributed by atoms with Crippen LogP contribution in [0, 0.1) is 11.3 Å². The molecule has 5 nitrogen and oxygen atoms in total. The van der Waals surface area contributed by atoms with E-state index in [4.69, 9.17) is 4.74 Å². The molecule has 120 valence electrons. The van der Waals surface area contributed by atoms with Gasteiger partial charge in [-0.15, -0.1) is 0 Å². The van der Waals surface area contributed by atoms with Crippen molar-refractivity contribution in [3.8, 4) is 5.88 Å². The number of piperidine rings is 1. The van der Waals surface area contributed by atoms with Gasteiger partial charge in [0.15, 0.2) is 0 Å². The fourth-order valence-corrected chi connectivity index (χ4v) is 4.20. The minimum Gasteiger partial charge on any atom is -0.481 e. The topological polar surface area (TPSA) is 41.5 Å². The van der Waals surface area contributed by atoms with Gasteiger partial charge in [-0.2, -0.15) is 0 Å². The van der Waals surface area contributed by atoms with Gasteiger partial charge in [-0.25, -0.2) is 9.97 Å². The van der Waals surface area contributed by atoms with Crippen molar-refractivity contribution in [1.29, 1.82) is 0 Å². The minimum absolute atomic E-state index is 0.478. The lowest BCUT2D eigenvalue weighted by molar-refractivity contribution is 0.216. The van der Waals surface area contributed by atoms with Gasteiger partial charge in [0.05, 0.1) is 7.11 Å². The fraction of sp³-hybridized carbons (Fsp3) is 0.765. The molecule has 3 aliphatic rings. The van der Waals surface area contributed by atoms with E-state index in [0.717, 1.165) is 24.8 Å². The Morgan fingerprint density at radius 3 is 2.95 bits per heavy atom. The van der Waals surface area contributed by atoms with Crippen molar-refractivity contribution in [2.24, 2.45) is 11.3 Å². The lowest BCUT2D eigenvalue weighted by Gasteiger charge is -2.41. The molecule has 3 heterocycles. The molecule has 1 unspecified atom stereocenters. The van der Waals surface area contributed by atoms with Crippen LogP contribution in [0.5, 0.6) is 5.88 Å². The molecule has 5 heteroatoms. The first-order chi connectivity index (χ1) is 10.8. The lowest BCUT2D eigenvalue weighted by atomic mass is 9.79. The summed E-state index contributed by atoms with van der Waals surface area (Å²) in [7, 11) is 1.66. The second kappa shape index (κ2) is 5.69. The van der Waals surface area contributed by atoms with Crippen molar-refractivity contribution >= 4 is 5.82 Å². The third kappa shape index (κ3) is 2.91. The molecule has 1 saturated carbocycles. The molecule has 1 aliphatic carbocycles. The highest BCUT2D eigenvalue weighted by Crippen LogP contribution is 2.41. The smallest absolute Gasteiger partial charge is 0.218 e. The van der Waals surface area contributed by atoms with Gasteiger partial charge in [0, 0.05) is 37.7 Å². The van der Waals surface area contributed by atoms with Crippen LogP contribution in [-0.2, 0) is 0 Å². The Balaban J connectivity index is 1.44. The number of hydrogen-bond donors (Lipinski definition) is 0. The zero-order valence-electron chi connectivity index (χ0n) is 13.5. The fourth-order valence-electron chi connectivity index (χ4n) is 4.20.